The molecular formula is C10H10N2O2S. The van der Waals surface area contributed by atoms with Crippen LogP contribution in [0.2, 0.25) is 0 Å². The molecule has 0 aliphatic heterocycles. The van der Waals surface area contributed by atoms with Gasteiger partial charge in [0.05, 0.1) is 10.9 Å². The predicted octanol–water partition coefficient (Wildman–Crippen LogP) is 0.949. The Morgan fingerprint density at radius 1 is 1.33 bits per heavy atom. The minimum Gasteiger partial charge on any atom is -0.307 e. The van der Waals surface area contributed by atoms with Crippen molar-refractivity contribution in [2.45, 2.75) is 4.90 Å². The maximum Gasteiger partial charge on any atom is 0.328 e. The average molecular weight is 222 g/mol. The van der Waals surface area contributed by atoms with E-state index in [1.54, 1.807) is 23.9 Å². The molecule has 1 aromatic heterocycles. The van der Waals surface area contributed by atoms with Gasteiger partial charge in [-0.2, -0.15) is 0 Å². The summed E-state index contributed by atoms with van der Waals surface area (Å²) in [5.74, 6) is 0. The normalized spacial score (nSPS) is 10.8. The Morgan fingerprint density at radius 3 is 2.73 bits per heavy atom. The van der Waals surface area contributed by atoms with Crippen molar-refractivity contribution in [2.24, 2.45) is 7.05 Å². The Bertz CT molecular complexity index is 627. The molecule has 0 saturated carbocycles. The Labute approximate surface area is 89.9 Å². The van der Waals surface area contributed by atoms with E-state index < -0.39 is 0 Å². The van der Waals surface area contributed by atoms with Crippen molar-refractivity contribution in [1.29, 1.82) is 0 Å². The number of nitrogens with zero attached hydrogens (tertiary/aromatic N) is 1. The zero-order valence-electron chi connectivity index (χ0n) is 8.40. The van der Waals surface area contributed by atoms with Gasteiger partial charge >= 0.3 is 5.69 Å². The predicted molar refractivity (Wildman–Crippen MR) is 61.6 cm³/mol. The van der Waals surface area contributed by atoms with Crippen molar-refractivity contribution in [2.75, 3.05) is 6.26 Å². The van der Waals surface area contributed by atoms with E-state index >= 15 is 0 Å². The molecule has 78 valence electrons. The molecule has 0 radical (unpaired) electrons. The van der Waals surface area contributed by atoms with Crippen LogP contribution < -0.4 is 11.2 Å². The van der Waals surface area contributed by atoms with Gasteiger partial charge < -0.3 is 4.98 Å². The highest BCUT2D eigenvalue weighted by atomic mass is 32.2. The minimum atomic E-state index is -0.385. The number of H-pyrrole nitrogens is 1. The van der Waals surface area contributed by atoms with Crippen molar-refractivity contribution < 1.29 is 0 Å². The lowest BCUT2D eigenvalue weighted by Crippen LogP contribution is -2.32. The Hall–Kier alpha value is -1.49. The molecule has 0 bridgehead atoms. The maximum atomic E-state index is 11.8. The van der Waals surface area contributed by atoms with E-state index in [9.17, 15) is 9.59 Å². The third-order valence-electron chi connectivity index (χ3n) is 2.31. The second kappa shape index (κ2) is 3.58. The highest BCUT2D eigenvalue weighted by molar-refractivity contribution is 7.98. The van der Waals surface area contributed by atoms with Crippen LogP contribution in [0.15, 0.2) is 32.7 Å². The molecule has 0 unspecified atom stereocenters. The summed E-state index contributed by atoms with van der Waals surface area (Å²) in [6.07, 6.45) is 1.94. The topological polar surface area (TPSA) is 54.9 Å². The molecule has 0 atom stereocenters. The van der Waals surface area contributed by atoms with Crippen LogP contribution in [0, 0.1) is 0 Å². The van der Waals surface area contributed by atoms with Crippen LogP contribution >= 0.6 is 11.8 Å². The third-order valence-corrected chi connectivity index (χ3v) is 3.03. The van der Waals surface area contributed by atoms with Crippen LogP contribution in [-0.2, 0) is 7.05 Å². The van der Waals surface area contributed by atoms with Gasteiger partial charge in [0, 0.05) is 11.9 Å². The van der Waals surface area contributed by atoms with Crippen LogP contribution in [0.3, 0.4) is 0 Å². The molecule has 1 N–H and O–H groups in total. The summed E-state index contributed by atoms with van der Waals surface area (Å²) >= 11 is 1.56. The lowest BCUT2D eigenvalue weighted by molar-refractivity contribution is 0.793. The van der Waals surface area contributed by atoms with E-state index in [4.69, 9.17) is 0 Å². The lowest BCUT2D eigenvalue weighted by atomic mass is 10.2. The van der Waals surface area contributed by atoms with E-state index in [0.717, 1.165) is 9.46 Å². The summed E-state index contributed by atoms with van der Waals surface area (Å²) in [4.78, 5) is 26.7. The summed E-state index contributed by atoms with van der Waals surface area (Å²) in [5.41, 5.74) is -0.0602. The third kappa shape index (κ3) is 1.59. The number of hydrogen-bond donors (Lipinski definition) is 1. The molecule has 0 spiro atoms. The van der Waals surface area contributed by atoms with Gasteiger partial charge in [-0.05, 0) is 24.5 Å². The number of aromatic amines is 1. The highest BCUT2D eigenvalue weighted by Crippen LogP contribution is 2.17. The Morgan fingerprint density at radius 2 is 2.07 bits per heavy atom. The first-order valence-electron chi connectivity index (χ1n) is 4.40. The quantitative estimate of drug-likeness (QED) is 0.731. The summed E-state index contributed by atoms with van der Waals surface area (Å²) in [6.45, 7) is 0. The highest BCUT2D eigenvalue weighted by Gasteiger charge is 2.04. The maximum absolute atomic E-state index is 11.8. The molecule has 0 amide bonds. The van der Waals surface area contributed by atoms with E-state index in [1.165, 1.54) is 7.05 Å². The number of nitrogens with one attached hydrogen (secondary N) is 1. The first-order valence-corrected chi connectivity index (χ1v) is 5.63. The van der Waals surface area contributed by atoms with Crippen LogP contribution in [0.5, 0.6) is 0 Å². The molecule has 0 fully saturated rings. The fourth-order valence-corrected chi connectivity index (χ4v) is 1.85. The van der Waals surface area contributed by atoms with Crippen molar-refractivity contribution in [3.8, 4) is 0 Å². The molecule has 5 heteroatoms. The van der Waals surface area contributed by atoms with Crippen molar-refractivity contribution in [1.82, 2.24) is 9.55 Å². The van der Waals surface area contributed by atoms with Gasteiger partial charge in [0.15, 0.2) is 0 Å². The number of rotatable bonds is 1. The number of benzene rings is 1. The number of fused-ring (bicyclic) bond motifs is 1. The number of aromatic nitrogens is 2. The summed E-state index contributed by atoms with van der Waals surface area (Å²) in [6, 6.07) is 5.42. The van der Waals surface area contributed by atoms with E-state index in [1.807, 2.05) is 12.3 Å². The zero-order chi connectivity index (χ0) is 11.0. The zero-order valence-corrected chi connectivity index (χ0v) is 9.22. The van der Waals surface area contributed by atoms with E-state index in [-0.39, 0.29) is 11.2 Å². The lowest BCUT2D eigenvalue weighted by Gasteiger charge is -2.02. The fourth-order valence-electron chi connectivity index (χ4n) is 1.41. The molecule has 2 rings (SSSR count). The second-order valence-electron chi connectivity index (χ2n) is 3.21. The minimum absolute atomic E-state index is 0.260. The smallest absolute Gasteiger partial charge is 0.307 e. The Balaban J connectivity index is 2.94. The van der Waals surface area contributed by atoms with Crippen LogP contribution in [0.25, 0.3) is 10.9 Å². The largest absolute Gasteiger partial charge is 0.328 e. The van der Waals surface area contributed by atoms with Gasteiger partial charge in [0.1, 0.15) is 0 Å². The van der Waals surface area contributed by atoms with Gasteiger partial charge in [-0.1, -0.05) is 0 Å². The monoisotopic (exact) mass is 222 g/mol. The molecular weight excluding hydrogens is 212 g/mol. The first-order chi connectivity index (χ1) is 7.13. The number of thioether (sulfide) groups is 1. The van der Waals surface area contributed by atoms with Crippen LogP contribution in [0.1, 0.15) is 0 Å². The second-order valence-corrected chi connectivity index (χ2v) is 4.09. The van der Waals surface area contributed by atoms with Crippen molar-refractivity contribution in [3.05, 3.63) is 39.0 Å². The summed E-state index contributed by atoms with van der Waals surface area (Å²) < 4.78 is 1.08. The van der Waals surface area contributed by atoms with Crippen LogP contribution in [0.4, 0.5) is 0 Å². The van der Waals surface area contributed by atoms with Gasteiger partial charge in [-0.3, -0.25) is 9.36 Å². The molecule has 1 aromatic carbocycles. The van der Waals surface area contributed by atoms with Gasteiger partial charge in [0.25, 0.3) is 5.56 Å². The van der Waals surface area contributed by atoms with Gasteiger partial charge in [-0.15, -0.1) is 11.8 Å². The van der Waals surface area contributed by atoms with E-state index in [2.05, 4.69) is 4.98 Å². The molecule has 15 heavy (non-hydrogen) atoms. The molecule has 4 nitrogen and oxygen atoms in total. The van der Waals surface area contributed by atoms with Gasteiger partial charge in [0.2, 0.25) is 0 Å². The van der Waals surface area contributed by atoms with Crippen LogP contribution in [-0.4, -0.2) is 15.8 Å². The molecule has 1 heterocycles. The fraction of sp³-hybridized carbons (Fsp3) is 0.200. The van der Waals surface area contributed by atoms with Gasteiger partial charge in [-0.25, -0.2) is 4.79 Å². The SMILES string of the molecule is CSc1ccc2[nH]c(=O)n(C)c(=O)c2c1. The molecule has 0 aliphatic carbocycles. The van der Waals surface area contributed by atoms with Crippen molar-refractivity contribution >= 4 is 22.7 Å². The molecule has 2 aromatic rings. The molecule has 0 aliphatic rings. The summed E-state index contributed by atoms with van der Waals surface area (Å²) in [5, 5.41) is 0.545. The number of hydrogen-bond acceptors (Lipinski definition) is 3. The average Bonchev–Trinajstić information content (AvgIpc) is 2.26. The first kappa shape index (κ1) is 10.0. The molecule has 0 saturated heterocycles. The Kier molecular flexibility index (Phi) is 2.40. The van der Waals surface area contributed by atoms with Crippen molar-refractivity contribution in [3.63, 3.8) is 0 Å². The summed E-state index contributed by atoms with van der Waals surface area (Å²) in [7, 11) is 1.46. The standard InChI is InChI=1S/C10H10N2O2S/c1-12-9(13)7-5-6(15-2)3-4-8(7)11-10(12)14/h3-5H,1-2H3,(H,11,14). The van der Waals surface area contributed by atoms with E-state index in [0.29, 0.717) is 10.9 Å².